The van der Waals surface area contributed by atoms with Gasteiger partial charge in [-0.3, -0.25) is 0 Å². The highest BCUT2D eigenvalue weighted by molar-refractivity contribution is 5.36. The van der Waals surface area contributed by atoms with E-state index < -0.39 is 0 Å². The highest BCUT2D eigenvalue weighted by Crippen LogP contribution is 2.32. The number of nitrogens with one attached hydrogen (secondary N) is 1. The molecule has 21 heavy (non-hydrogen) atoms. The first kappa shape index (κ1) is 16.3. The van der Waals surface area contributed by atoms with E-state index in [0.717, 1.165) is 25.3 Å². The van der Waals surface area contributed by atoms with Crippen molar-refractivity contribution in [1.82, 2.24) is 5.32 Å². The van der Waals surface area contributed by atoms with Gasteiger partial charge in [0.05, 0.1) is 18.8 Å². The molecule has 4 nitrogen and oxygen atoms in total. The molecule has 0 bridgehead atoms. The number of ether oxygens (including phenoxy) is 3. The summed E-state index contributed by atoms with van der Waals surface area (Å²) in [4.78, 5) is 0. The Kier molecular flexibility index (Phi) is 7.00. The maximum atomic E-state index is 5.98. The lowest BCUT2D eigenvalue weighted by molar-refractivity contribution is -0.00849. The predicted molar refractivity (Wildman–Crippen MR) is 83.8 cm³/mol. The van der Waals surface area contributed by atoms with Gasteiger partial charge in [0.25, 0.3) is 0 Å². The zero-order valence-electron chi connectivity index (χ0n) is 13.1. The fourth-order valence-corrected chi connectivity index (χ4v) is 2.79. The minimum absolute atomic E-state index is 0.189. The van der Waals surface area contributed by atoms with Gasteiger partial charge in [-0.05, 0) is 31.9 Å². The average Bonchev–Trinajstić information content (AvgIpc) is 2.54. The lowest BCUT2D eigenvalue weighted by Crippen LogP contribution is -2.36. The predicted octanol–water partition coefficient (Wildman–Crippen LogP) is 2.93. The Labute approximate surface area is 127 Å². The van der Waals surface area contributed by atoms with Gasteiger partial charge in [0.15, 0.2) is 0 Å². The number of para-hydroxylation sites is 1. The molecular formula is C17H27NO3. The largest absolute Gasteiger partial charge is 0.491 e. The Hall–Kier alpha value is -1.10. The van der Waals surface area contributed by atoms with E-state index in [-0.39, 0.29) is 12.1 Å². The molecule has 0 spiro atoms. The normalized spacial score (nSPS) is 20.2. The van der Waals surface area contributed by atoms with Crippen molar-refractivity contribution in [3.8, 4) is 5.75 Å². The van der Waals surface area contributed by atoms with Crippen molar-refractivity contribution < 1.29 is 14.2 Å². The lowest BCUT2D eigenvalue weighted by Gasteiger charge is -2.32. The third-order valence-electron chi connectivity index (χ3n) is 3.81. The van der Waals surface area contributed by atoms with Crippen molar-refractivity contribution in [1.29, 1.82) is 0 Å². The second-order valence-electron chi connectivity index (χ2n) is 5.32. The Balaban J connectivity index is 2.14. The molecule has 2 rings (SSSR count). The zero-order valence-corrected chi connectivity index (χ0v) is 13.1. The summed E-state index contributed by atoms with van der Waals surface area (Å²) >= 11 is 0. The van der Waals surface area contributed by atoms with Crippen LogP contribution in [0.4, 0.5) is 0 Å². The van der Waals surface area contributed by atoms with Crippen LogP contribution >= 0.6 is 0 Å². The van der Waals surface area contributed by atoms with Gasteiger partial charge in [-0.1, -0.05) is 25.1 Å². The standard InChI is InChI=1S/C17H27NO3/c1-3-18-17(16-10-6-7-11-20-16)14-8-4-5-9-15(14)21-13-12-19-2/h4-5,8-9,16-18H,3,6-7,10-13H2,1-2H3. The smallest absolute Gasteiger partial charge is 0.124 e. The summed E-state index contributed by atoms with van der Waals surface area (Å²) in [6, 6.07) is 8.42. The van der Waals surface area contributed by atoms with Crippen LogP contribution in [0.25, 0.3) is 0 Å². The van der Waals surface area contributed by atoms with E-state index in [1.165, 1.54) is 18.4 Å². The van der Waals surface area contributed by atoms with Crippen molar-refractivity contribution in [2.45, 2.75) is 38.3 Å². The number of methoxy groups -OCH3 is 1. The van der Waals surface area contributed by atoms with Crippen LogP contribution in [0.15, 0.2) is 24.3 Å². The minimum atomic E-state index is 0.189. The minimum Gasteiger partial charge on any atom is -0.491 e. The van der Waals surface area contributed by atoms with Gasteiger partial charge >= 0.3 is 0 Å². The molecule has 1 heterocycles. The first-order valence-corrected chi connectivity index (χ1v) is 7.92. The third kappa shape index (κ3) is 4.70. The number of rotatable bonds is 8. The first-order valence-electron chi connectivity index (χ1n) is 7.92. The fourth-order valence-electron chi connectivity index (χ4n) is 2.79. The second kappa shape index (κ2) is 9.03. The topological polar surface area (TPSA) is 39.7 Å². The molecule has 4 heteroatoms. The first-order chi connectivity index (χ1) is 10.4. The van der Waals surface area contributed by atoms with Crippen LogP contribution in [-0.4, -0.2) is 39.6 Å². The average molecular weight is 293 g/mol. The molecule has 0 saturated carbocycles. The zero-order chi connectivity index (χ0) is 14.9. The van der Waals surface area contributed by atoms with E-state index in [4.69, 9.17) is 14.2 Å². The number of hydrogen-bond donors (Lipinski definition) is 1. The fraction of sp³-hybridized carbons (Fsp3) is 0.647. The second-order valence-corrected chi connectivity index (χ2v) is 5.32. The van der Waals surface area contributed by atoms with Crippen LogP contribution in [-0.2, 0) is 9.47 Å². The van der Waals surface area contributed by atoms with Crippen molar-refractivity contribution in [2.75, 3.05) is 33.5 Å². The maximum absolute atomic E-state index is 5.98. The van der Waals surface area contributed by atoms with Crippen molar-refractivity contribution in [3.63, 3.8) is 0 Å². The molecule has 0 amide bonds. The van der Waals surface area contributed by atoms with Gasteiger partial charge in [-0.25, -0.2) is 0 Å². The van der Waals surface area contributed by atoms with Gasteiger partial charge in [0.1, 0.15) is 12.4 Å². The molecule has 1 fully saturated rings. The van der Waals surface area contributed by atoms with Crippen LogP contribution in [0.1, 0.15) is 37.8 Å². The summed E-state index contributed by atoms with van der Waals surface area (Å²) in [7, 11) is 1.69. The number of hydrogen-bond acceptors (Lipinski definition) is 4. The van der Waals surface area contributed by atoms with Crippen molar-refractivity contribution in [2.24, 2.45) is 0 Å². The molecule has 2 atom stereocenters. The molecule has 1 aromatic rings. The molecule has 1 saturated heterocycles. The van der Waals surface area contributed by atoms with Crippen LogP contribution in [0, 0.1) is 0 Å². The molecule has 0 aromatic heterocycles. The third-order valence-corrected chi connectivity index (χ3v) is 3.81. The molecule has 1 N–H and O–H groups in total. The van der Waals surface area contributed by atoms with Gasteiger partial charge in [-0.15, -0.1) is 0 Å². The van der Waals surface area contributed by atoms with E-state index in [2.05, 4.69) is 24.4 Å². The molecule has 0 radical (unpaired) electrons. The van der Waals surface area contributed by atoms with Crippen LogP contribution in [0.5, 0.6) is 5.75 Å². The summed E-state index contributed by atoms with van der Waals surface area (Å²) < 4.78 is 16.9. The SMILES string of the molecule is CCNC(c1ccccc1OCCOC)C1CCCCO1. The van der Waals surface area contributed by atoms with Crippen molar-refractivity contribution in [3.05, 3.63) is 29.8 Å². The summed E-state index contributed by atoms with van der Waals surface area (Å²) in [5.41, 5.74) is 1.18. The number of benzene rings is 1. The summed E-state index contributed by atoms with van der Waals surface area (Å²) in [6.45, 7) is 5.07. The van der Waals surface area contributed by atoms with Gasteiger partial charge in [-0.2, -0.15) is 0 Å². The Morgan fingerprint density at radius 1 is 1.29 bits per heavy atom. The molecular weight excluding hydrogens is 266 g/mol. The Morgan fingerprint density at radius 3 is 2.86 bits per heavy atom. The van der Waals surface area contributed by atoms with Gasteiger partial charge < -0.3 is 19.5 Å². The van der Waals surface area contributed by atoms with Gasteiger partial charge in [0, 0.05) is 19.3 Å². The summed E-state index contributed by atoms with van der Waals surface area (Å²) in [5, 5.41) is 3.56. The molecule has 1 aliphatic heterocycles. The van der Waals surface area contributed by atoms with Crippen LogP contribution in [0.3, 0.4) is 0 Å². The Bertz CT molecular complexity index is 405. The maximum Gasteiger partial charge on any atom is 0.124 e. The monoisotopic (exact) mass is 293 g/mol. The lowest BCUT2D eigenvalue weighted by atomic mass is 9.95. The van der Waals surface area contributed by atoms with E-state index in [0.29, 0.717) is 13.2 Å². The molecule has 0 aliphatic carbocycles. The van der Waals surface area contributed by atoms with Gasteiger partial charge in [0.2, 0.25) is 0 Å². The molecule has 1 aliphatic rings. The van der Waals surface area contributed by atoms with E-state index in [1.807, 2.05) is 12.1 Å². The highest BCUT2D eigenvalue weighted by Gasteiger charge is 2.27. The van der Waals surface area contributed by atoms with Crippen molar-refractivity contribution >= 4 is 0 Å². The number of likely N-dealkylation sites (N-methyl/N-ethyl adjacent to an activating group) is 1. The quantitative estimate of drug-likeness (QED) is 0.748. The summed E-state index contributed by atoms with van der Waals surface area (Å²) in [6.07, 6.45) is 3.73. The van der Waals surface area contributed by atoms with Crippen LogP contribution in [0.2, 0.25) is 0 Å². The summed E-state index contributed by atoms with van der Waals surface area (Å²) in [5.74, 6) is 0.926. The Morgan fingerprint density at radius 2 is 2.14 bits per heavy atom. The molecule has 2 unspecified atom stereocenters. The highest BCUT2D eigenvalue weighted by atomic mass is 16.5. The molecule has 1 aromatic carbocycles. The van der Waals surface area contributed by atoms with Crippen LogP contribution < -0.4 is 10.1 Å². The van der Waals surface area contributed by atoms with E-state index in [1.54, 1.807) is 7.11 Å². The van der Waals surface area contributed by atoms with E-state index in [9.17, 15) is 0 Å². The van der Waals surface area contributed by atoms with E-state index >= 15 is 0 Å². The molecule has 118 valence electrons.